The molecular formula is C26H16ClF3N6O3S. The summed E-state index contributed by atoms with van der Waals surface area (Å²) in [6, 6.07) is 10.5. The third-order valence-electron chi connectivity index (χ3n) is 5.78. The molecule has 14 heteroatoms. The molecule has 202 valence electrons. The van der Waals surface area contributed by atoms with Crippen LogP contribution in [0.2, 0.25) is 5.02 Å². The van der Waals surface area contributed by atoms with Crippen LogP contribution in [0.3, 0.4) is 0 Å². The number of nitrogens with zero attached hydrogens (tertiary/aromatic N) is 3. The number of halogens is 4. The fraction of sp³-hybridized carbons (Fsp3) is 0. The summed E-state index contributed by atoms with van der Waals surface area (Å²) in [6.07, 6.45) is 4.28. The maximum Gasteiger partial charge on any atom is 0.265 e. The Balaban J connectivity index is 1.55. The molecule has 4 N–H and O–H groups in total. The van der Waals surface area contributed by atoms with Crippen molar-refractivity contribution in [3.05, 3.63) is 101 Å². The normalized spacial score (nSPS) is 11.4. The van der Waals surface area contributed by atoms with Crippen molar-refractivity contribution >= 4 is 55.6 Å². The van der Waals surface area contributed by atoms with E-state index in [4.69, 9.17) is 17.3 Å². The van der Waals surface area contributed by atoms with Gasteiger partial charge in [0.15, 0.2) is 5.82 Å². The summed E-state index contributed by atoms with van der Waals surface area (Å²) < 4.78 is 70.4. The lowest BCUT2D eigenvalue weighted by atomic mass is 10.00. The van der Waals surface area contributed by atoms with Gasteiger partial charge in [-0.1, -0.05) is 11.6 Å². The van der Waals surface area contributed by atoms with Gasteiger partial charge in [0.05, 0.1) is 27.5 Å². The van der Waals surface area contributed by atoms with E-state index < -0.39 is 49.7 Å². The molecule has 0 aliphatic rings. The second-order valence-electron chi connectivity index (χ2n) is 8.33. The van der Waals surface area contributed by atoms with Gasteiger partial charge < -0.3 is 11.1 Å². The number of amides is 1. The second kappa shape index (κ2) is 10.4. The fourth-order valence-corrected chi connectivity index (χ4v) is 5.22. The van der Waals surface area contributed by atoms with Gasteiger partial charge in [-0.15, -0.1) is 0 Å². The highest BCUT2D eigenvalue weighted by Crippen LogP contribution is 2.34. The van der Waals surface area contributed by atoms with Crippen LogP contribution >= 0.6 is 11.6 Å². The van der Waals surface area contributed by atoms with E-state index in [1.54, 1.807) is 30.6 Å². The van der Waals surface area contributed by atoms with Crippen molar-refractivity contribution in [3.8, 4) is 11.1 Å². The number of nitrogens with one attached hydrogen (secondary N) is 2. The van der Waals surface area contributed by atoms with Crippen LogP contribution in [-0.2, 0) is 10.0 Å². The molecule has 0 atom stereocenters. The Morgan fingerprint density at radius 3 is 2.42 bits per heavy atom. The standard InChI is InChI=1S/C26H16ClF3N6O3S/c27-18-2-4-20(36-40(38,39)21-11-15(28)1-3-19(21)29)22(30)24(18)35-26(37)17-10-14(13-5-7-32-8-6-13)9-16-23(17)33-12-34-25(16)31/h1-12,36H,(H,35,37)(H2,31,33,34). The highest BCUT2D eigenvalue weighted by atomic mass is 35.5. The van der Waals surface area contributed by atoms with E-state index in [1.165, 1.54) is 6.07 Å². The Bertz CT molecular complexity index is 1910. The van der Waals surface area contributed by atoms with Gasteiger partial charge in [-0.3, -0.25) is 14.5 Å². The van der Waals surface area contributed by atoms with Gasteiger partial charge in [-0.25, -0.2) is 31.6 Å². The summed E-state index contributed by atoms with van der Waals surface area (Å²) in [5.74, 6) is -4.29. The molecule has 0 spiro atoms. The van der Waals surface area contributed by atoms with Crippen LogP contribution < -0.4 is 15.8 Å². The molecule has 0 radical (unpaired) electrons. The lowest BCUT2D eigenvalue weighted by molar-refractivity contribution is 0.102. The molecule has 0 saturated carbocycles. The first kappa shape index (κ1) is 26.8. The van der Waals surface area contributed by atoms with Gasteiger partial charge in [0, 0.05) is 17.8 Å². The first-order chi connectivity index (χ1) is 19.0. The first-order valence-corrected chi connectivity index (χ1v) is 13.1. The highest BCUT2D eigenvalue weighted by Gasteiger charge is 2.25. The highest BCUT2D eigenvalue weighted by molar-refractivity contribution is 7.92. The number of benzene rings is 3. The van der Waals surface area contributed by atoms with Gasteiger partial charge in [-0.2, -0.15) is 0 Å². The molecule has 40 heavy (non-hydrogen) atoms. The molecule has 2 heterocycles. The van der Waals surface area contributed by atoms with Crippen LogP contribution in [0.15, 0.2) is 78.2 Å². The average molecular weight is 585 g/mol. The van der Waals surface area contributed by atoms with Gasteiger partial charge in [-0.05, 0) is 65.7 Å². The predicted octanol–water partition coefficient (Wildman–Crippen LogP) is 5.40. The van der Waals surface area contributed by atoms with Crippen LogP contribution in [0, 0.1) is 17.5 Å². The third kappa shape index (κ3) is 5.11. The molecule has 0 aliphatic heterocycles. The number of hydrogen-bond donors (Lipinski definition) is 3. The smallest absolute Gasteiger partial charge is 0.265 e. The topological polar surface area (TPSA) is 140 Å². The van der Waals surface area contributed by atoms with Crippen molar-refractivity contribution in [2.75, 3.05) is 15.8 Å². The summed E-state index contributed by atoms with van der Waals surface area (Å²) in [5, 5.41) is 2.43. The van der Waals surface area contributed by atoms with Crippen molar-refractivity contribution in [2.45, 2.75) is 4.90 Å². The van der Waals surface area contributed by atoms with Crippen molar-refractivity contribution in [3.63, 3.8) is 0 Å². The number of nitrogen functional groups attached to an aromatic ring is 1. The summed E-state index contributed by atoms with van der Waals surface area (Å²) in [5.41, 5.74) is 6.19. The van der Waals surface area contributed by atoms with E-state index in [1.807, 2.05) is 4.72 Å². The molecule has 0 saturated heterocycles. The summed E-state index contributed by atoms with van der Waals surface area (Å²) in [6.45, 7) is 0. The minimum atomic E-state index is -4.77. The van der Waals surface area contributed by atoms with Gasteiger partial charge >= 0.3 is 0 Å². The zero-order valence-electron chi connectivity index (χ0n) is 20.0. The van der Waals surface area contributed by atoms with Gasteiger partial charge in [0.1, 0.15) is 28.7 Å². The minimum absolute atomic E-state index is 0.0123. The SMILES string of the molecule is Nc1ncnc2c(C(=O)Nc3c(Cl)ccc(NS(=O)(=O)c4cc(F)ccc4F)c3F)cc(-c3ccncc3)cc12. The number of carbonyl (C=O) groups excluding carboxylic acids is 1. The van der Waals surface area contributed by atoms with Crippen LogP contribution in [0.4, 0.5) is 30.4 Å². The van der Waals surface area contributed by atoms with Crippen molar-refractivity contribution in [2.24, 2.45) is 0 Å². The Morgan fingerprint density at radius 2 is 1.68 bits per heavy atom. The molecular weight excluding hydrogens is 569 g/mol. The van der Waals surface area contributed by atoms with Crippen molar-refractivity contribution in [1.82, 2.24) is 15.0 Å². The van der Waals surface area contributed by atoms with E-state index in [9.17, 15) is 22.0 Å². The van der Waals surface area contributed by atoms with E-state index in [2.05, 4.69) is 20.3 Å². The molecule has 0 unspecified atom stereocenters. The van der Waals surface area contributed by atoms with Crippen molar-refractivity contribution < 1.29 is 26.4 Å². The molecule has 2 aromatic heterocycles. The summed E-state index contributed by atoms with van der Waals surface area (Å²) >= 11 is 6.14. The summed E-state index contributed by atoms with van der Waals surface area (Å²) in [7, 11) is -4.77. The van der Waals surface area contributed by atoms with E-state index in [-0.39, 0.29) is 21.9 Å². The maximum absolute atomic E-state index is 15.5. The number of fused-ring (bicyclic) bond motifs is 1. The molecule has 0 bridgehead atoms. The number of pyridine rings is 1. The molecule has 3 aromatic carbocycles. The van der Waals surface area contributed by atoms with Gasteiger partial charge in [0.2, 0.25) is 0 Å². The zero-order valence-corrected chi connectivity index (χ0v) is 21.6. The van der Waals surface area contributed by atoms with Crippen LogP contribution in [0.5, 0.6) is 0 Å². The number of hydrogen-bond acceptors (Lipinski definition) is 7. The zero-order chi connectivity index (χ0) is 28.6. The monoisotopic (exact) mass is 584 g/mol. The van der Waals surface area contributed by atoms with E-state index in [0.29, 0.717) is 28.6 Å². The maximum atomic E-state index is 15.5. The largest absolute Gasteiger partial charge is 0.383 e. The Hall–Kier alpha value is -4.75. The van der Waals surface area contributed by atoms with Gasteiger partial charge in [0.25, 0.3) is 15.9 Å². The fourth-order valence-electron chi connectivity index (χ4n) is 3.88. The number of sulfonamides is 1. The molecule has 5 aromatic rings. The Kier molecular flexibility index (Phi) is 7.00. The first-order valence-electron chi connectivity index (χ1n) is 11.3. The Morgan fingerprint density at radius 1 is 0.925 bits per heavy atom. The molecule has 0 fully saturated rings. The lowest BCUT2D eigenvalue weighted by Crippen LogP contribution is -2.18. The molecule has 1 amide bonds. The van der Waals surface area contributed by atoms with Crippen molar-refractivity contribution in [1.29, 1.82) is 0 Å². The molecule has 5 rings (SSSR count). The lowest BCUT2D eigenvalue weighted by Gasteiger charge is -2.15. The number of carbonyl (C=O) groups is 1. The van der Waals surface area contributed by atoms with Crippen LogP contribution in [0.1, 0.15) is 10.4 Å². The predicted molar refractivity (Wildman–Crippen MR) is 144 cm³/mol. The third-order valence-corrected chi connectivity index (χ3v) is 7.48. The minimum Gasteiger partial charge on any atom is -0.383 e. The average Bonchev–Trinajstić information content (AvgIpc) is 2.94. The van der Waals surface area contributed by atoms with E-state index in [0.717, 1.165) is 24.5 Å². The number of anilines is 3. The number of nitrogens with two attached hydrogens (primary N) is 1. The molecule has 0 aliphatic carbocycles. The molecule has 9 nitrogen and oxygen atoms in total. The summed E-state index contributed by atoms with van der Waals surface area (Å²) in [4.78, 5) is 24.5. The number of aromatic nitrogens is 3. The van der Waals surface area contributed by atoms with Crippen LogP contribution in [-0.4, -0.2) is 29.3 Å². The number of rotatable bonds is 6. The van der Waals surface area contributed by atoms with E-state index >= 15 is 4.39 Å². The second-order valence-corrected chi connectivity index (χ2v) is 10.4. The van der Waals surface area contributed by atoms with Crippen LogP contribution in [0.25, 0.3) is 22.0 Å². The Labute approximate surface area is 229 Å². The quantitative estimate of drug-likeness (QED) is 0.243.